The van der Waals surface area contributed by atoms with Crippen molar-refractivity contribution in [2.24, 2.45) is 0 Å². The molecule has 2 amide bonds. The summed E-state index contributed by atoms with van der Waals surface area (Å²) >= 11 is 0. The third-order valence-electron chi connectivity index (χ3n) is 6.70. The van der Waals surface area contributed by atoms with E-state index in [1.165, 1.54) is 37.3 Å². The van der Waals surface area contributed by atoms with Crippen LogP contribution in [0.3, 0.4) is 0 Å². The Kier molecular flexibility index (Phi) is 10.8. The number of methoxy groups -OCH3 is 2. The number of rotatable bonds is 13. The maximum atomic E-state index is 14.1. The molecule has 0 bridgehead atoms. The fourth-order valence-corrected chi connectivity index (χ4v) is 5.76. The van der Waals surface area contributed by atoms with Crippen LogP contribution in [-0.4, -0.2) is 58.5 Å². The van der Waals surface area contributed by atoms with Gasteiger partial charge in [0.2, 0.25) is 11.8 Å². The van der Waals surface area contributed by atoms with Crippen LogP contribution in [0.2, 0.25) is 0 Å². The lowest BCUT2D eigenvalue weighted by Crippen LogP contribution is -2.51. The molecule has 0 aromatic heterocycles. The Balaban J connectivity index is 2.06. The number of nitrogens with zero attached hydrogens (tertiary/aromatic N) is 2. The number of hydrogen-bond donors (Lipinski definition) is 1. The Hall–Kier alpha value is -4.05. The van der Waals surface area contributed by atoms with Crippen molar-refractivity contribution in [2.75, 3.05) is 31.6 Å². The number of hydrogen-bond acceptors (Lipinski definition) is 6. The first-order valence-electron chi connectivity index (χ1n) is 13.5. The molecule has 0 aliphatic carbocycles. The van der Waals surface area contributed by atoms with Crippen molar-refractivity contribution in [3.05, 3.63) is 83.4 Å². The number of sulfonamides is 1. The summed E-state index contributed by atoms with van der Waals surface area (Å²) in [5.74, 6) is -0.209. The highest BCUT2D eigenvalue weighted by Gasteiger charge is 2.33. The summed E-state index contributed by atoms with van der Waals surface area (Å²) in [5.41, 5.74) is 3.09. The Morgan fingerprint density at radius 3 is 2.20 bits per heavy atom. The average Bonchev–Trinajstić information content (AvgIpc) is 2.97. The first kappa shape index (κ1) is 31.5. The second-order valence-electron chi connectivity index (χ2n) is 9.84. The Morgan fingerprint density at radius 1 is 0.902 bits per heavy atom. The van der Waals surface area contributed by atoms with Crippen LogP contribution in [0.4, 0.5) is 5.69 Å². The van der Waals surface area contributed by atoms with Gasteiger partial charge in [-0.3, -0.25) is 13.9 Å². The SMILES string of the molecule is CCCNC(=O)C(C)N(Cc1cccc(C)c1)C(=O)CN(c1ccc(C)cc1)S(=O)(=O)c1ccc(OC)c(OC)c1. The van der Waals surface area contributed by atoms with Gasteiger partial charge < -0.3 is 19.7 Å². The van der Waals surface area contributed by atoms with E-state index < -0.39 is 28.5 Å². The highest BCUT2D eigenvalue weighted by atomic mass is 32.2. The molecule has 0 heterocycles. The van der Waals surface area contributed by atoms with Crippen molar-refractivity contribution < 1.29 is 27.5 Å². The predicted molar refractivity (Wildman–Crippen MR) is 160 cm³/mol. The van der Waals surface area contributed by atoms with Crippen molar-refractivity contribution >= 4 is 27.5 Å². The zero-order chi connectivity index (χ0) is 30.2. The van der Waals surface area contributed by atoms with Crippen LogP contribution in [0.1, 0.15) is 37.0 Å². The summed E-state index contributed by atoms with van der Waals surface area (Å²) in [6.07, 6.45) is 0.745. The molecule has 9 nitrogen and oxygen atoms in total. The zero-order valence-electron chi connectivity index (χ0n) is 24.5. The van der Waals surface area contributed by atoms with Crippen LogP contribution in [0.25, 0.3) is 0 Å². The van der Waals surface area contributed by atoms with Crippen LogP contribution < -0.4 is 19.1 Å². The largest absolute Gasteiger partial charge is 0.493 e. The van der Waals surface area contributed by atoms with Gasteiger partial charge in [-0.2, -0.15) is 0 Å². The number of carbonyl (C=O) groups is 2. The van der Waals surface area contributed by atoms with Crippen molar-refractivity contribution in [3.8, 4) is 11.5 Å². The van der Waals surface area contributed by atoms with Crippen molar-refractivity contribution in [1.82, 2.24) is 10.2 Å². The Morgan fingerprint density at radius 2 is 1.59 bits per heavy atom. The van der Waals surface area contributed by atoms with Crippen LogP contribution in [0.5, 0.6) is 11.5 Å². The molecule has 0 saturated carbocycles. The van der Waals surface area contributed by atoms with Crippen molar-refractivity contribution in [2.45, 2.75) is 51.6 Å². The fraction of sp³-hybridized carbons (Fsp3) is 0.355. The molecule has 1 N–H and O–H groups in total. The third kappa shape index (κ3) is 7.79. The Labute approximate surface area is 243 Å². The highest BCUT2D eigenvalue weighted by molar-refractivity contribution is 7.92. The number of amides is 2. The molecule has 0 aliphatic rings. The smallest absolute Gasteiger partial charge is 0.264 e. The van der Waals surface area contributed by atoms with Gasteiger partial charge in [0.15, 0.2) is 11.5 Å². The van der Waals surface area contributed by atoms with Crippen molar-refractivity contribution in [3.63, 3.8) is 0 Å². The molecule has 0 aliphatic heterocycles. The highest BCUT2D eigenvalue weighted by Crippen LogP contribution is 2.32. The van der Waals surface area contributed by atoms with E-state index in [9.17, 15) is 18.0 Å². The number of anilines is 1. The normalized spacial score (nSPS) is 11.9. The van der Waals surface area contributed by atoms with Crippen LogP contribution in [0, 0.1) is 13.8 Å². The summed E-state index contributed by atoms with van der Waals surface area (Å²) in [6.45, 7) is 7.52. The quantitative estimate of drug-likeness (QED) is 0.320. The lowest BCUT2D eigenvalue weighted by molar-refractivity contribution is -0.139. The topological polar surface area (TPSA) is 105 Å². The fourth-order valence-electron chi connectivity index (χ4n) is 4.33. The van der Waals surface area contributed by atoms with Crippen molar-refractivity contribution in [1.29, 1.82) is 0 Å². The van der Waals surface area contributed by atoms with Gasteiger partial charge >= 0.3 is 0 Å². The van der Waals surface area contributed by atoms with E-state index in [-0.39, 0.29) is 23.1 Å². The molecule has 10 heteroatoms. The predicted octanol–water partition coefficient (Wildman–Crippen LogP) is 4.46. The number of ether oxygens (including phenoxy) is 2. The monoisotopic (exact) mass is 581 g/mol. The van der Waals surface area contributed by atoms with Gasteiger partial charge in [0, 0.05) is 19.2 Å². The van der Waals surface area contributed by atoms with Gasteiger partial charge in [0.05, 0.1) is 24.8 Å². The minimum absolute atomic E-state index is 0.0671. The van der Waals surface area contributed by atoms with E-state index in [1.54, 1.807) is 31.2 Å². The summed E-state index contributed by atoms with van der Waals surface area (Å²) in [6, 6.07) is 18.0. The molecule has 0 radical (unpaired) electrons. The van der Waals surface area contributed by atoms with E-state index >= 15 is 0 Å². The van der Waals surface area contributed by atoms with Gasteiger partial charge in [0.25, 0.3) is 10.0 Å². The summed E-state index contributed by atoms with van der Waals surface area (Å²) in [5, 5.41) is 2.84. The van der Waals surface area contributed by atoms with E-state index in [2.05, 4.69) is 5.32 Å². The molecule has 0 fully saturated rings. The lowest BCUT2D eigenvalue weighted by atomic mass is 10.1. The first-order valence-corrected chi connectivity index (χ1v) is 14.9. The summed E-state index contributed by atoms with van der Waals surface area (Å²) in [7, 11) is -1.36. The minimum atomic E-state index is -4.24. The number of nitrogens with one attached hydrogen (secondary N) is 1. The number of benzene rings is 3. The second kappa shape index (κ2) is 14.0. The van der Waals surface area contributed by atoms with Crippen LogP contribution >= 0.6 is 0 Å². The molecular weight excluding hydrogens is 542 g/mol. The molecule has 1 unspecified atom stereocenters. The molecule has 0 spiro atoms. The molecule has 0 saturated heterocycles. The van der Waals surface area contributed by atoms with E-state index in [1.807, 2.05) is 45.0 Å². The minimum Gasteiger partial charge on any atom is -0.493 e. The van der Waals surface area contributed by atoms with Gasteiger partial charge in [-0.15, -0.1) is 0 Å². The second-order valence-corrected chi connectivity index (χ2v) is 11.7. The lowest BCUT2D eigenvalue weighted by Gasteiger charge is -2.32. The van der Waals surface area contributed by atoms with Gasteiger partial charge in [0.1, 0.15) is 12.6 Å². The van der Waals surface area contributed by atoms with Gasteiger partial charge in [-0.1, -0.05) is 54.4 Å². The van der Waals surface area contributed by atoms with E-state index in [0.717, 1.165) is 27.4 Å². The van der Waals surface area contributed by atoms with E-state index in [0.29, 0.717) is 18.0 Å². The molecule has 220 valence electrons. The Bertz CT molecular complexity index is 1460. The van der Waals surface area contributed by atoms with Gasteiger partial charge in [-0.05, 0) is 57.0 Å². The first-order chi connectivity index (χ1) is 19.5. The molecule has 3 aromatic carbocycles. The summed E-state index contributed by atoms with van der Waals surface area (Å²) < 4.78 is 39.8. The molecule has 3 aromatic rings. The van der Waals surface area contributed by atoms with Gasteiger partial charge in [-0.25, -0.2) is 8.42 Å². The molecule has 1 atom stereocenters. The maximum absolute atomic E-state index is 14.1. The van der Waals surface area contributed by atoms with Crippen LogP contribution in [-0.2, 0) is 26.2 Å². The standard InChI is InChI=1S/C31H39N3O6S/c1-7-17-32-31(36)24(4)33(20-25-10-8-9-23(3)18-25)30(35)21-34(26-13-11-22(2)12-14-26)41(37,38)27-15-16-28(39-5)29(19-27)40-6/h8-16,18-19,24H,7,17,20-21H2,1-6H3,(H,32,36). The molecule has 3 rings (SSSR count). The third-order valence-corrected chi connectivity index (χ3v) is 8.47. The van der Waals surface area contributed by atoms with E-state index in [4.69, 9.17) is 9.47 Å². The molecular formula is C31H39N3O6S. The van der Waals surface area contributed by atoms with Crippen LogP contribution in [0.15, 0.2) is 71.6 Å². The maximum Gasteiger partial charge on any atom is 0.264 e. The zero-order valence-corrected chi connectivity index (χ0v) is 25.3. The number of carbonyl (C=O) groups excluding carboxylic acids is 2. The average molecular weight is 582 g/mol. The summed E-state index contributed by atoms with van der Waals surface area (Å²) in [4.78, 5) is 28.3. The number of aryl methyl sites for hydroxylation is 2. The molecule has 41 heavy (non-hydrogen) atoms.